The number of rotatable bonds is 6. The molecule has 1 heterocycles. The molecule has 4 N–H and O–H groups in total. The molecule has 1 atom stereocenters. The molecule has 0 radical (unpaired) electrons. The lowest BCUT2D eigenvalue weighted by atomic mass is 9.97. The minimum atomic E-state index is -0.658. The summed E-state index contributed by atoms with van der Waals surface area (Å²) < 4.78 is 0. The molecule has 1 aliphatic rings. The van der Waals surface area contributed by atoms with Gasteiger partial charge >= 0.3 is 0 Å². The fourth-order valence-electron chi connectivity index (χ4n) is 2.72. The number of aliphatic imine (C=N–C) groups is 2. The molecule has 0 spiro atoms. The molecule has 6 heteroatoms. The maximum atomic E-state index is 5.92. The molecule has 2 rings (SSSR count). The molecule has 132 valence electrons. The molecule has 0 aliphatic carbocycles. The Morgan fingerprint density at radius 2 is 1.75 bits per heavy atom. The van der Waals surface area contributed by atoms with Gasteiger partial charge in [-0.3, -0.25) is 4.84 Å². The van der Waals surface area contributed by atoms with Crippen molar-refractivity contribution in [2.75, 3.05) is 6.61 Å². The summed E-state index contributed by atoms with van der Waals surface area (Å²) in [5.41, 5.74) is 13.6. The second-order valence-electron chi connectivity index (χ2n) is 7.23. The first-order valence-corrected chi connectivity index (χ1v) is 8.40. The highest BCUT2D eigenvalue weighted by molar-refractivity contribution is 5.95. The van der Waals surface area contributed by atoms with Gasteiger partial charge in [-0.1, -0.05) is 45.0 Å². The van der Waals surface area contributed by atoms with Crippen molar-refractivity contribution >= 4 is 11.9 Å². The topological polar surface area (TPSA) is 89.2 Å². The molecule has 0 saturated carbocycles. The Kier molecular flexibility index (Phi) is 5.49. The van der Waals surface area contributed by atoms with Crippen LogP contribution in [0.25, 0.3) is 0 Å². The maximum absolute atomic E-state index is 5.92. The molecule has 0 aromatic heterocycles. The zero-order valence-electron chi connectivity index (χ0n) is 15.3. The van der Waals surface area contributed by atoms with Crippen LogP contribution in [0.4, 0.5) is 0 Å². The van der Waals surface area contributed by atoms with E-state index in [2.05, 4.69) is 55.0 Å². The standard InChI is InChI=1S/C18H29N5O/c1-12(2)15-8-6-14(7-9-15)10-13(3)11-24-23-17(20)21-16(19)22-18(23,4)5/h6-9,12-13H,10-11H2,1-5H3,(H4,19,20,21,22). The van der Waals surface area contributed by atoms with E-state index < -0.39 is 5.66 Å². The molecular weight excluding hydrogens is 302 g/mol. The van der Waals surface area contributed by atoms with Crippen molar-refractivity contribution in [2.45, 2.75) is 52.6 Å². The van der Waals surface area contributed by atoms with Crippen molar-refractivity contribution < 1.29 is 4.84 Å². The van der Waals surface area contributed by atoms with Crippen LogP contribution in [-0.4, -0.2) is 29.3 Å². The van der Waals surface area contributed by atoms with Crippen LogP contribution >= 0.6 is 0 Å². The van der Waals surface area contributed by atoms with E-state index in [0.29, 0.717) is 18.4 Å². The van der Waals surface area contributed by atoms with E-state index in [9.17, 15) is 0 Å². The summed E-state index contributed by atoms with van der Waals surface area (Å²) in [5.74, 6) is 1.30. The van der Waals surface area contributed by atoms with Gasteiger partial charge in [-0.25, -0.2) is 4.99 Å². The average Bonchev–Trinajstić information content (AvgIpc) is 2.45. The summed E-state index contributed by atoms with van der Waals surface area (Å²) in [6, 6.07) is 8.78. The number of hydroxylamine groups is 2. The number of guanidine groups is 2. The van der Waals surface area contributed by atoms with Crippen LogP contribution in [0.15, 0.2) is 34.3 Å². The van der Waals surface area contributed by atoms with E-state index in [-0.39, 0.29) is 11.9 Å². The molecule has 0 fully saturated rings. The molecule has 0 bridgehead atoms. The third kappa shape index (κ3) is 4.47. The molecule has 0 saturated heterocycles. The number of nitrogens with zero attached hydrogens (tertiary/aromatic N) is 3. The Balaban J connectivity index is 1.91. The van der Waals surface area contributed by atoms with Crippen LogP contribution < -0.4 is 11.5 Å². The van der Waals surface area contributed by atoms with Crippen molar-refractivity contribution in [3.8, 4) is 0 Å². The van der Waals surface area contributed by atoms with Crippen molar-refractivity contribution in [3.05, 3.63) is 35.4 Å². The first kappa shape index (κ1) is 18.3. The van der Waals surface area contributed by atoms with E-state index in [1.807, 2.05) is 13.8 Å². The van der Waals surface area contributed by atoms with Gasteiger partial charge in [0.25, 0.3) is 0 Å². The highest BCUT2D eigenvalue weighted by atomic mass is 16.7. The lowest BCUT2D eigenvalue weighted by molar-refractivity contribution is -0.165. The summed E-state index contributed by atoms with van der Waals surface area (Å²) >= 11 is 0. The molecule has 24 heavy (non-hydrogen) atoms. The van der Waals surface area contributed by atoms with Crippen LogP contribution in [0.5, 0.6) is 0 Å². The maximum Gasteiger partial charge on any atom is 0.226 e. The van der Waals surface area contributed by atoms with Gasteiger partial charge < -0.3 is 11.5 Å². The SMILES string of the molecule is CC(CON1C(N)=NC(N)=NC1(C)C)Cc1ccc(C(C)C)cc1. The van der Waals surface area contributed by atoms with Gasteiger partial charge in [0.15, 0.2) is 5.66 Å². The van der Waals surface area contributed by atoms with Gasteiger partial charge in [-0.2, -0.15) is 10.1 Å². The van der Waals surface area contributed by atoms with E-state index >= 15 is 0 Å². The normalized spacial score (nSPS) is 18.3. The first-order chi connectivity index (χ1) is 11.2. The van der Waals surface area contributed by atoms with Gasteiger partial charge in [0.05, 0.1) is 6.61 Å². The second-order valence-corrected chi connectivity index (χ2v) is 7.23. The van der Waals surface area contributed by atoms with Gasteiger partial charge in [-0.05, 0) is 43.2 Å². The molecule has 0 amide bonds. The summed E-state index contributed by atoms with van der Waals surface area (Å²) in [6.45, 7) is 10.9. The minimum Gasteiger partial charge on any atom is -0.368 e. The third-order valence-corrected chi connectivity index (χ3v) is 4.04. The predicted molar refractivity (Wildman–Crippen MR) is 98.5 cm³/mol. The van der Waals surface area contributed by atoms with Crippen LogP contribution in [0, 0.1) is 5.92 Å². The van der Waals surface area contributed by atoms with E-state index in [1.165, 1.54) is 16.2 Å². The van der Waals surface area contributed by atoms with Gasteiger partial charge in [-0.15, -0.1) is 0 Å². The number of hydrogen-bond acceptors (Lipinski definition) is 6. The Labute approximate surface area is 144 Å². The summed E-state index contributed by atoms with van der Waals surface area (Å²) in [6.07, 6.45) is 0.940. The molecule has 1 aromatic rings. The van der Waals surface area contributed by atoms with Crippen molar-refractivity contribution in [1.29, 1.82) is 0 Å². The number of hydrogen-bond donors (Lipinski definition) is 2. The number of benzene rings is 1. The number of nitrogens with two attached hydrogens (primary N) is 2. The van der Waals surface area contributed by atoms with Crippen molar-refractivity contribution in [1.82, 2.24) is 5.06 Å². The monoisotopic (exact) mass is 331 g/mol. The molecule has 1 aromatic carbocycles. The predicted octanol–water partition coefficient (Wildman–Crippen LogP) is 2.60. The van der Waals surface area contributed by atoms with Gasteiger partial charge in [0, 0.05) is 0 Å². The fourth-order valence-corrected chi connectivity index (χ4v) is 2.72. The van der Waals surface area contributed by atoms with Crippen LogP contribution in [0.3, 0.4) is 0 Å². The van der Waals surface area contributed by atoms with E-state index in [0.717, 1.165) is 6.42 Å². The van der Waals surface area contributed by atoms with Crippen molar-refractivity contribution in [2.24, 2.45) is 27.4 Å². The largest absolute Gasteiger partial charge is 0.368 e. The Bertz CT molecular complexity index is 619. The smallest absolute Gasteiger partial charge is 0.226 e. The lowest BCUT2D eigenvalue weighted by Crippen LogP contribution is -2.54. The average molecular weight is 331 g/mol. The minimum absolute atomic E-state index is 0.177. The highest BCUT2D eigenvalue weighted by Crippen LogP contribution is 2.21. The summed E-state index contributed by atoms with van der Waals surface area (Å²) in [4.78, 5) is 14.1. The van der Waals surface area contributed by atoms with Crippen LogP contribution in [0.2, 0.25) is 0 Å². The third-order valence-electron chi connectivity index (χ3n) is 4.04. The Hall–Kier alpha value is -2.08. The van der Waals surface area contributed by atoms with Crippen molar-refractivity contribution in [3.63, 3.8) is 0 Å². The zero-order chi connectivity index (χ0) is 17.9. The highest BCUT2D eigenvalue weighted by Gasteiger charge is 2.33. The molecule has 6 nitrogen and oxygen atoms in total. The van der Waals surface area contributed by atoms with E-state index in [1.54, 1.807) is 0 Å². The second kappa shape index (κ2) is 7.21. The fraction of sp³-hybridized carbons (Fsp3) is 0.556. The quantitative estimate of drug-likeness (QED) is 0.838. The first-order valence-electron chi connectivity index (χ1n) is 8.40. The van der Waals surface area contributed by atoms with Gasteiger partial charge in [0.2, 0.25) is 11.9 Å². The van der Waals surface area contributed by atoms with E-state index in [4.69, 9.17) is 16.3 Å². The molecule has 1 unspecified atom stereocenters. The molecular formula is C18H29N5O. The molecule has 1 aliphatic heterocycles. The zero-order valence-corrected chi connectivity index (χ0v) is 15.3. The van der Waals surface area contributed by atoms with Crippen LogP contribution in [-0.2, 0) is 11.3 Å². The van der Waals surface area contributed by atoms with Crippen LogP contribution in [0.1, 0.15) is 51.7 Å². The van der Waals surface area contributed by atoms with Gasteiger partial charge in [0.1, 0.15) is 0 Å². The lowest BCUT2D eigenvalue weighted by Gasteiger charge is -2.37. The summed E-state index contributed by atoms with van der Waals surface area (Å²) in [5, 5.41) is 1.53. The summed E-state index contributed by atoms with van der Waals surface area (Å²) in [7, 11) is 0. The Morgan fingerprint density at radius 3 is 2.29 bits per heavy atom. The Morgan fingerprint density at radius 1 is 1.12 bits per heavy atom.